The van der Waals surface area contributed by atoms with Crippen LogP contribution in [0, 0.1) is 10.1 Å². The molecular weight excluding hydrogens is 388 g/mol. The molecule has 9 heteroatoms. The molecule has 0 saturated carbocycles. The molecule has 30 heavy (non-hydrogen) atoms. The van der Waals surface area contributed by atoms with Crippen LogP contribution < -0.4 is 19.8 Å². The predicted molar refractivity (Wildman–Crippen MR) is 114 cm³/mol. The Morgan fingerprint density at radius 2 is 1.77 bits per heavy atom. The molecule has 0 radical (unpaired) electrons. The number of hydrazone groups is 1. The maximum atomic E-state index is 12.4. The molecule has 0 bridgehead atoms. The lowest BCUT2D eigenvalue weighted by Gasteiger charge is -2.28. The van der Waals surface area contributed by atoms with Gasteiger partial charge in [0.15, 0.2) is 0 Å². The molecule has 2 aromatic carbocycles. The summed E-state index contributed by atoms with van der Waals surface area (Å²) in [5.74, 6) is 0.502. The summed E-state index contributed by atoms with van der Waals surface area (Å²) >= 11 is 0. The Kier molecular flexibility index (Phi) is 6.84. The van der Waals surface area contributed by atoms with Crippen molar-refractivity contribution in [3.8, 4) is 11.5 Å². The van der Waals surface area contributed by atoms with E-state index in [1.54, 1.807) is 30.3 Å². The van der Waals surface area contributed by atoms with Crippen molar-refractivity contribution in [3.63, 3.8) is 0 Å². The Morgan fingerprint density at radius 1 is 1.10 bits per heavy atom. The number of anilines is 1. The van der Waals surface area contributed by atoms with Crippen molar-refractivity contribution in [3.05, 3.63) is 57.6 Å². The molecule has 158 valence electrons. The quantitative estimate of drug-likeness (QED) is 0.425. The summed E-state index contributed by atoms with van der Waals surface area (Å²) in [6, 6.07) is 9.73. The van der Waals surface area contributed by atoms with E-state index in [0.29, 0.717) is 28.3 Å². The van der Waals surface area contributed by atoms with Gasteiger partial charge in [0, 0.05) is 36.3 Å². The number of hydrogen-bond donors (Lipinski definition) is 1. The molecule has 0 unspecified atom stereocenters. The second kappa shape index (κ2) is 9.73. The van der Waals surface area contributed by atoms with Crippen molar-refractivity contribution in [1.82, 2.24) is 5.43 Å². The highest BCUT2D eigenvalue weighted by molar-refractivity contribution is 5.95. The number of carbonyl (C=O) groups excluding carboxylic acids is 1. The Morgan fingerprint density at radius 3 is 2.37 bits per heavy atom. The van der Waals surface area contributed by atoms with E-state index >= 15 is 0 Å². The van der Waals surface area contributed by atoms with Crippen LogP contribution in [0.3, 0.4) is 0 Å². The first-order valence-corrected chi connectivity index (χ1v) is 9.61. The molecule has 1 heterocycles. The van der Waals surface area contributed by atoms with Crippen LogP contribution in [0.2, 0.25) is 0 Å². The number of methoxy groups -OCH3 is 2. The SMILES string of the molecule is COc1cc(OC)cc(C(=O)N/N=C/c2ccc(N3CCCCC3)c([N+](=O)[O-])c2)c1. The highest BCUT2D eigenvalue weighted by Crippen LogP contribution is 2.31. The maximum absolute atomic E-state index is 12.4. The Balaban J connectivity index is 1.73. The lowest BCUT2D eigenvalue weighted by Crippen LogP contribution is -2.29. The van der Waals surface area contributed by atoms with E-state index in [1.807, 2.05) is 4.90 Å². The first-order valence-electron chi connectivity index (χ1n) is 9.61. The molecule has 1 aliphatic heterocycles. The molecule has 0 spiro atoms. The van der Waals surface area contributed by atoms with Crippen molar-refractivity contribution in [1.29, 1.82) is 0 Å². The van der Waals surface area contributed by atoms with E-state index in [4.69, 9.17) is 9.47 Å². The molecule has 0 atom stereocenters. The van der Waals surface area contributed by atoms with Gasteiger partial charge in [0.25, 0.3) is 11.6 Å². The van der Waals surface area contributed by atoms with Crippen LogP contribution in [-0.2, 0) is 0 Å². The molecule has 9 nitrogen and oxygen atoms in total. The zero-order valence-corrected chi connectivity index (χ0v) is 17.0. The molecule has 1 aliphatic rings. The van der Waals surface area contributed by atoms with Crippen molar-refractivity contribution in [2.75, 3.05) is 32.2 Å². The standard InChI is InChI=1S/C21H24N4O5/c1-29-17-11-16(12-18(13-17)30-2)21(26)23-22-14-15-6-7-19(20(10-15)25(27)28)24-8-4-3-5-9-24/h6-7,10-14H,3-5,8-9H2,1-2H3,(H,23,26)/b22-14+. The van der Waals surface area contributed by atoms with Gasteiger partial charge in [0.05, 0.1) is 25.4 Å². The van der Waals surface area contributed by atoms with Crippen LogP contribution in [-0.4, -0.2) is 44.4 Å². The number of nitro benzene ring substituents is 1. The van der Waals surface area contributed by atoms with Crippen LogP contribution >= 0.6 is 0 Å². The van der Waals surface area contributed by atoms with Gasteiger partial charge in [-0.05, 0) is 37.5 Å². The molecule has 1 N–H and O–H groups in total. The maximum Gasteiger partial charge on any atom is 0.293 e. The number of nitro groups is 1. The minimum Gasteiger partial charge on any atom is -0.497 e. The van der Waals surface area contributed by atoms with Crippen LogP contribution in [0.5, 0.6) is 11.5 Å². The van der Waals surface area contributed by atoms with Gasteiger partial charge < -0.3 is 14.4 Å². The number of benzene rings is 2. The van der Waals surface area contributed by atoms with Crippen molar-refractivity contribution in [2.45, 2.75) is 19.3 Å². The third-order valence-corrected chi connectivity index (χ3v) is 4.89. The molecule has 1 fully saturated rings. The second-order valence-electron chi connectivity index (χ2n) is 6.85. The van der Waals surface area contributed by atoms with Gasteiger partial charge in [0.1, 0.15) is 17.2 Å². The smallest absolute Gasteiger partial charge is 0.293 e. The second-order valence-corrected chi connectivity index (χ2v) is 6.85. The molecule has 2 aromatic rings. The van der Waals surface area contributed by atoms with Crippen LogP contribution in [0.1, 0.15) is 35.2 Å². The summed E-state index contributed by atoms with van der Waals surface area (Å²) in [7, 11) is 2.99. The number of piperidine rings is 1. The zero-order valence-electron chi connectivity index (χ0n) is 17.0. The first-order chi connectivity index (χ1) is 14.5. The van der Waals surface area contributed by atoms with Crippen molar-refractivity contribution >= 4 is 23.5 Å². The van der Waals surface area contributed by atoms with E-state index in [0.717, 1.165) is 32.4 Å². The van der Waals surface area contributed by atoms with Gasteiger partial charge in [-0.2, -0.15) is 5.10 Å². The summed E-state index contributed by atoms with van der Waals surface area (Å²) in [4.78, 5) is 25.6. The van der Waals surface area contributed by atoms with Gasteiger partial charge in [-0.1, -0.05) is 6.07 Å². The fraction of sp³-hybridized carbons (Fsp3) is 0.333. The van der Waals surface area contributed by atoms with E-state index in [9.17, 15) is 14.9 Å². The number of hydrogen-bond acceptors (Lipinski definition) is 7. The highest BCUT2D eigenvalue weighted by Gasteiger charge is 2.21. The molecular formula is C21H24N4O5. The van der Waals surface area contributed by atoms with Gasteiger partial charge >= 0.3 is 0 Å². The van der Waals surface area contributed by atoms with Gasteiger partial charge in [-0.15, -0.1) is 0 Å². The topological polar surface area (TPSA) is 106 Å². The summed E-state index contributed by atoms with van der Waals surface area (Å²) in [5, 5.41) is 15.5. The van der Waals surface area contributed by atoms with E-state index in [-0.39, 0.29) is 10.6 Å². The monoisotopic (exact) mass is 412 g/mol. The lowest BCUT2D eigenvalue weighted by atomic mass is 10.1. The summed E-state index contributed by atoms with van der Waals surface area (Å²) < 4.78 is 10.3. The number of nitrogens with zero attached hydrogens (tertiary/aromatic N) is 3. The van der Waals surface area contributed by atoms with Gasteiger partial charge in [0.2, 0.25) is 0 Å². The predicted octanol–water partition coefficient (Wildman–Crippen LogP) is 3.37. The normalized spacial score (nSPS) is 13.9. The number of ether oxygens (including phenoxy) is 2. The summed E-state index contributed by atoms with van der Waals surface area (Å²) in [6.45, 7) is 1.63. The molecule has 0 aromatic heterocycles. The number of rotatable bonds is 7. The number of carbonyl (C=O) groups is 1. The third-order valence-electron chi connectivity index (χ3n) is 4.89. The van der Waals surface area contributed by atoms with Crippen LogP contribution in [0.4, 0.5) is 11.4 Å². The first kappa shape index (κ1) is 21.1. The average Bonchev–Trinajstić information content (AvgIpc) is 2.79. The molecule has 1 saturated heterocycles. The van der Waals surface area contributed by atoms with Crippen LogP contribution in [0.15, 0.2) is 41.5 Å². The van der Waals surface area contributed by atoms with Crippen molar-refractivity contribution in [2.24, 2.45) is 5.10 Å². The van der Waals surface area contributed by atoms with E-state index < -0.39 is 5.91 Å². The highest BCUT2D eigenvalue weighted by atomic mass is 16.6. The lowest BCUT2D eigenvalue weighted by molar-refractivity contribution is -0.384. The third kappa shape index (κ3) is 5.05. The number of nitrogens with one attached hydrogen (secondary N) is 1. The summed E-state index contributed by atoms with van der Waals surface area (Å²) in [6.07, 6.45) is 4.58. The minimum absolute atomic E-state index is 0.0321. The molecule has 3 rings (SSSR count). The van der Waals surface area contributed by atoms with Gasteiger partial charge in [-0.3, -0.25) is 14.9 Å². The average molecular weight is 412 g/mol. The Labute approximate surface area is 174 Å². The van der Waals surface area contributed by atoms with Gasteiger partial charge in [-0.25, -0.2) is 5.43 Å². The zero-order chi connectivity index (χ0) is 21.5. The molecule has 1 amide bonds. The van der Waals surface area contributed by atoms with E-state index in [2.05, 4.69) is 10.5 Å². The van der Waals surface area contributed by atoms with Crippen LogP contribution in [0.25, 0.3) is 0 Å². The Bertz CT molecular complexity index is 932. The largest absolute Gasteiger partial charge is 0.497 e. The van der Waals surface area contributed by atoms with E-state index in [1.165, 1.54) is 26.5 Å². The fourth-order valence-corrected chi connectivity index (χ4v) is 3.34. The fourth-order valence-electron chi connectivity index (χ4n) is 3.34. The Hall–Kier alpha value is -3.62. The summed E-state index contributed by atoms with van der Waals surface area (Å²) in [5.41, 5.74) is 3.90. The minimum atomic E-state index is -0.456. The van der Waals surface area contributed by atoms with Crippen molar-refractivity contribution < 1.29 is 19.2 Å². The molecule has 0 aliphatic carbocycles. The number of amides is 1.